The van der Waals surface area contributed by atoms with Gasteiger partial charge in [0, 0.05) is 29.6 Å². The molecule has 4 nitrogen and oxygen atoms in total. The second-order valence-corrected chi connectivity index (χ2v) is 1.33. The predicted octanol–water partition coefficient (Wildman–Crippen LogP) is -0.658. The molecule has 0 saturated carbocycles. The predicted molar refractivity (Wildman–Crippen MR) is 34.4 cm³/mol. The van der Waals surface area contributed by atoms with Crippen LogP contribution in [0.25, 0.3) is 0 Å². The van der Waals surface area contributed by atoms with E-state index < -0.39 is 11.9 Å². The molecule has 0 spiro atoms. The first-order valence-corrected chi connectivity index (χ1v) is 2.34. The van der Waals surface area contributed by atoms with Crippen molar-refractivity contribution in [2.24, 2.45) is 0 Å². The molecule has 1 radical (unpaired) electrons. The number of hydrogen-bond donors (Lipinski definition) is 0. The van der Waals surface area contributed by atoms with Crippen molar-refractivity contribution in [2.75, 3.05) is 14.2 Å². The molecule has 0 aliphatic heterocycles. The summed E-state index contributed by atoms with van der Waals surface area (Å²) in [6.45, 7) is 0. The van der Waals surface area contributed by atoms with Gasteiger partial charge in [0.1, 0.15) is 6.42 Å². The van der Waals surface area contributed by atoms with E-state index in [1.165, 1.54) is 14.2 Å². The molecule has 0 aliphatic carbocycles. The summed E-state index contributed by atoms with van der Waals surface area (Å²) in [5.74, 6) is -1.16. The van der Waals surface area contributed by atoms with Crippen molar-refractivity contribution >= 4 is 41.5 Å². The van der Waals surface area contributed by atoms with Crippen LogP contribution >= 0.6 is 0 Å². The monoisotopic (exact) mass is 155 g/mol. The van der Waals surface area contributed by atoms with Crippen LogP contribution in [0.2, 0.25) is 0 Å². The van der Waals surface area contributed by atoms with Crippen molar-refractivity contribution < 1.29 is 19.1 Å². The largest absolute Gasteiger partial charge is 0.469 e. The molecule has 0 bridgehead atoms. The minimum absolute atomic E-state index is 0. The molecule has 0 rings (SSSR count). The van der Waals surface area contributed by atoms with Crippen molar-refractivity contribution in [1.29, 1.82) is 0 Å². The Hall–Kier alpha value is -0.0600. The summed E-state index contributed by atoms with van der Waals surface area (Å²) >= 11 is 0. The van der Waals surface area contributed by atoms with Crippen LogP contribution in [-0.2, 0) is 19.1 Å². The van der Waals surface area contributed by atoms with Crippen molar-refractivity contribution in [3.05, 3.63) is 0 Å². The molecular weight excluding hydrogens is 147 g/mol. The zero-order valence-corrected chi connectivity index (χ0v) is 8.34. The van der Waals surface area contributed by atoms with Crippen LogP contribution in [0.15, 0.2) is 0 Å². The molecule has 0 unspecified atom stereocenters. The van der Waals surface area contributed by atoms with Crippen LogP contribution in [0.1, 0.15) is 6.42 Å². The third-order valence-electron chi connectivity index (χ3n) is 0.744. The molecule has 0 amide bonds. The van der Waals surface area contributed by atoms with Gasteiger partial charge in [0.05, 0.1) is 14.2 Å². The van der Waals surface area contributed by atoms with Crippen LogP contribution in [0.3, 0.4) is 0 Å². The second kappa shape index (κ2) is 7.05. The molecule has 0 N–H and O–H groups in total. The van der Waals surface area contributed by atoms with Gasteiger partial charge in [-0.15, -0.1) is 0 Å². The van der Waals surface area contributed by atoms with Crippen LogP contribution in [0.5, 0.6) is 0 Å². The van der Waals surface area contributed by atoms with Gasteiger partial charge < -0.3 is 9.47 Å². The SMILES string of the molecule is COC(=O)CC(=O)OC.[Na]. The van der Waals surface area contributed by atoms with Gasteiger partial charge >= 0.3 is 11.9 Å². The molecule has 0 heterocycles. The smallest absolute Gasteiger partial charge is 0.316 e. The van der Waals surface area contributed by atoms with Gasteiger partial charge in [0.25, 0.3) is 0 Å². The van der Waals surface area contributed by atoms with Crippen LogP contribution < -0.4 is 0 Å². The summed E-state index contributed by atoms with van der Waals surface area (Å²) in [7, 11) is 2.43. The topological polar surface area (TPSA) is 52.6 Å². The Labute approximate surface area is 81.2 Å². The Bertz CT molecular complexity index is 109. The van der Waals surface area contributed by atoms with E-state index in [1.807, 2.05) is 0 Å². The third kappa shape index (κ3) is 6.07. The summed E-state index contributed by atoms with van der Waals surface area (Å²) in [6, 6.07) is 0. The summed E-state index contributed by atoms with van der Waals surface area (Å²) in [5.41, 5.74) is 0. The summed E-state index contributed by atoms with van der Waals surface area (Å²) in [6.07, 6.45) is -0.312. The Morgan fingerprint density at radius 2 is 1.40 bits per heavy atom. The molecule has 5 heteroatoms. The Balaban J connectivity index is 0. The van der Waals surface area contributed by atoms with Crippen LogP contribution in [-0.4, -0.2) is 55.7 Å². The van der Waals surface area contributed by atoms with E-state index in [9.17, 15) is 9.59 Å². The maximum Gasteiger partial charge on any atom is 0.316 e. The van der Waals surface area contributed by atoms with Gasteiger partial charge in [-0.05, 0) is 0 Å². The zero-order chi connectivity index (χ0) is 7.28. The van der Waals surface area contributed by atoms with E-state index in [1.54, 1.807) is 0 Å². The maximum absolute atomic E-state index is 10.3. The average molecular weight is 155 g/mol. The molecule has 0 atom stereocenters. The van der Waals surface area contributed by atoms with Crippen molar-refractivity contribution in [3.8, 4) is 0 Å². The number of rotatable bonds is 2. The summed E-state index contributed by atoms with van der Waals surface area (Å²) in [4.78, 5) is 20.5. The maximum atomic E-state index is 10.3. The minimum atomic E-state index is -0.582. The number of esters is 2. The number of methoxy groups -OCH3 is 2. The molecule has 0 aliphatic rings. The quantitative estimate of drug-likeness (QED) is 0.302. The zero-order valence-electron chi connectivity index (χ0n) is 6.34. The Morgan fingerprint density at radius 3 is 1.60 bits per heavy atom. The Kier molecular flexibility index (Phi) is 8.89. The first-order valence-electron chi connectivity index (χ1n) is 2.34. The third-order valence-corrected chi connectivity index (χ3v) is 0.744. The summed E-state index contributed by atoms with van der Waals surface area (Å²) in [5, 5.41) is 0. The van der Waals surface area contributed by atoms with E-state index in [4.69, 9.17) is 0 Å². The van der Waals surface area contributed by atoms with E-state index in [2.05, 4.69) is 9.47 Å². The molecule has 53 valence electrons. The minimum Gasteiger partial charge on any atom is -0.469 e. The van der Waals surface area contributed by atoms with E-state index >= 15 is 0 Å². The normalized spacial score (nSPS) is 7.40. The second-order valence-electron chi connectivity index (χ2n) is 1.33. The van der Waals surface area contributed by atoms with Crippen molar-refractivity contribution in [2.45, 2.75) is 6.42 Å². The number of carbonyl (C=O) groups excluding carboxylic acids is 2. The van der Waals surface area contributed by atoms with Gasteiger partial charge in [-0.25, -0.2) is 0 Å². The molecule has 0 aromatic heterocycles. The van der Waals surface area contributed by atoms with Crippen molar-refractivity contribution in [3.63, 3.8) is 0 Å². The van der Waals surface area contributed by atoms with E-state index in [0.29, 0.717) is 0 Å². The Morgan fingerprint density at radius 1 is 1.10 bits per heavy atom. The molecule has 10 heavy (non-hydrogen) atoms. The molecule has 0 saturated heterocycles. The van der Waals surface area contributed by atoms with Gasteiger partial charge in [-0.3, -0.25) is 9.59 Å². The molecule has 0 aromatic rings. The summed E-state index contributed by atoms with van der Waals surface area (Å²) < 4.78 is 8.37. The first kappa shape index (κ1) is 12.6. The van der Waals surface area contributed by atoms with Crippen LogP contribution in [0.4, 0.5) is 0 Å². The molecular formula is C5H8NaO4. The molecule has 0 aromatic carbocycles. The fraction of sp³-hybridized carbons (Fsp3) is 0.600. The van der Waals surface area contributed by atoms with E-state index in [0.717, 1.165) is 0 Å². The standard InChI is InChI=1S/C5H8O4.Na/c1-8-4(6)3-5(7)9-2;/h3H2,1-2H3;. The van der Waals surface area contributed by atoms with Crippen molar-refractivity contribution in [1.82, 2.24) is 0 Å². The number of carbonyl (C=O) groups is 2. The number of ether oxygens (including phenoxy) is 2. The van der Waals surface area contributed by atoms with Gasteiger partial charge in [-0.1, -0.05) is 0 Å². The fourth-order valence-corrected chi connectivity index (χ4v) is 0.262. The van der Waals surface area contributed by atoms with Gasteiger partial charge in [0.2, 0.25) is 0 Å². The van der Waals surface area contributed by atoms with Crippen LogP contribution in [0, 0.1) is 0 Å². The van der Waals surface area contributed by atoms with E-state index in [-0.39, 0.29) is 36.0 Å². The average Bonchev–Trinajstić information content (AvgIpc) is 1.87. The number of hydrogen-bond acceptors (Lipinski definition) is 4. The van der Waals surface area contributed by atoms with Gasteiger partial charge in [-0.2, -0.15) is 0 Å². The fourth-order valence-electron chi connectivity index (χ4n) is 0.262. The van der Waals surface area contributed by atoms with Gasteiger partial charge in [0.15, 0.2) is 0 Å². The molecule has 0 fully saturated rings. The first-order chi connectivity index (χ1) is 4.20.